The van der Waals surface area contributed by atoms with Crippen molar-refractivity contribution in [3.05, 3.63) is 42.6 Å². The third-order valence-corrected chi connectivity index (χ3v) is 1.43. The summed E-state index contributed by atoms with van der Waals surface area (Å²) in [5.74, 6) is -1.22. The summed E-state index contributed by atoms with van der Waals surface area (Å²) in [7, 11) is 0. The molecule has 78 valence electrons. The number of carbonyl (C=O) groups is 1. The molecule has 4 N–H and O–H groups in total. The van der Waals surface area contributed by atoms with Gasteiger partial charge in [0.2, 0.25) is 0 Å². The van der Waals surface area contributed by atoms with Gasteiger partial charge in [-0.1, -0.05) is 0 Å². The second-order valence-electron chi connectivity index (χ2n) is 2.48. The zero-order valence-electron chi connectivity index (χ0n) is 7.79. The highest BCUT2D eigenvalue weighted by Gasteiger charge is 2.07. The van der Waals surface area contributed by atoms with Crippen LogP contribution in [0, 0.1) is 0 Å². The van der Waals surface area contributed by atoms with Gasteiger partial charge < -0.3 is 15.8 Å². The Hall–Kier alpha value is -2.37. The number of nitrogen functional groups attached to an aromatic ring is 1. The number of hydrogen-bond donors (Lipinski definition) is 3. The van der Waals surface area contributed by atoms with E-state index in [9.17, 15) is 4.79 Å². The summed E-state index contributed by atoms with van der Waals surface area (Å²) in [5, 5.41) is 8.38. The van der Waals surface area contributed by atoms with Crippen LogP contribution in [0.1, 0.15) is 10.5 Å². The Labute approximate surface area is 85.8 Å². The molecule has 0 aliphatic heterocycles. The minimum absolute atomic E-state index is 0.0602. The maximum Gasteiger partial charge on any atom is 0.358 e. The molecule has 0 spiro atoms. The van der Waals surface area contributed by atoms with E-state index < -0.39 is 5.97 Å². The molecule has 0 saturated heterocycles. The predicted octanol–water partition coefficient (Wildman–Crippen LogP) is 0.772. The Bertz CT molecular complexity index is 397. The molecule has 0 aromatic carbocycles. The summed E-state index contributed by atoms with van der Waals surface area (Å²) >= 11 is 0. The highest BCUT2D eigenvalue weighted by Crippen LogP contribution is 2.00. The van der Waals surface area contributed by atoms with Gasteiger partial charge in [-0.2, -0.15) is 0 Å². The lowest BCUT2D eigenvalue weighted by molar-refractivity contribution is 0.0691. The first kappa shape index (κ1) is 10.7. The zero-order valence-corrected chi connectivity index (χ0v) is 7.79. The van der Waals surface area contributed by atoms with E-state index in [0.29, 0.717) is 0 Å². The van der Waals surface area contributed by atoms with E-state index >= 15 is 0 Å². The Balaban J connectivity index is 0.000000187. The molecule has 0 amide bonds. The molecule has 2 heterocycles. The lowest BCUT2D eigenvalue weighted by atomic mass is 10.4. The molecule has 6 nitrogen and oxygen atoms in total. The van der Waals surface area contributed by atoms with E-state index in [1.165, 1.54) is 12.4 Å². The van der Waals surface area contributed by atoms with Gasteiger partial charge in [0.05, 0.1) is 0 Å². The molecule has 0 saturated carbocycles. The van der Waals surface area contributed by atoms with Crippen LogP contribution in [-0.2, 0) is 0 Å². The Morgan fingerprint density at radius 2 is 1.87 bits per heavy atom. The summed E-state index contributed by atoms with van der Waals surface area (Å²) in [4.78, 5) is 20.1. The van der Waals surface area contributed by atoms with Gasteiger partial charge in [-0.15, -0.1) is 0 Å². The van der Waals surface area contributed by atoms with Crippen LogP contribution in [0.4, 0.5) is 5.82 Å². The van der Waals surface area contributed by atoms with Crippen molar-refractivity contribution in [2.24, 2.45) is 0 Å². The maximum atomic E-state index is 10.2. The Morgan fingerprint density at radius 3 is 2.20 bits per heavy atom. The summed E-state index contributed by atoms with van der Waals surface area (Å²) < 4.78 is 0. The molecular formula is C9H10N4O2. The fourth-order valence-electron chi connectivity index (χ4n) is 0.791. The molecule has 0 unspecified atom stereocenters. The maximum absolute atomic E-state index is 10.2. The van der Waals surface area contributed by atoms with Crippen LogP contribution < -0.4 is 5.73 Å². The lowest BCUT2D eigenvalue weighted by Crippen LogP contribution is -2.06. The molecule has 2 aromatic rings. The zero-order chi connectivity index (χ0) is 11.1. The van der Waals surface area contributed by atoms with Crippen molar-refractivity contribution in [1.29, 1.82) is 0 Å². The van der Waals surface area contributed by atoms with Crippen molar-refractivity contribution in [2.45, 2.75) is 0 Å². The average Bonchev–Trinajstić information content (AvgIpc) is 2.75. The predicted molar refractivity (Wildman–Crippen MR) is 54.2 cm³/mol. The number of carboxylic acid groups (broad SMARTS) is 1. The Morgan fingerprint density at radius 1 is 1.27 bits per heavy atom. The number of H-pyrrole nitrogens is 1. The van der Waals surface area contributed by atoms with Crippen LogP contribution in [0.25, 0.3) is 0 Å². The van der Waals surface area contributed by atoms with Crippen LogP contribution in [-0.4, -0.2) is 26.0 Å². The van der Waals surface area contributed by atoms with Crippen molar-refractivity contribution < 1.29 is 9.90 Å². The lowest BCUT2D eigenvalue weighted by Gasteiger charge is -1.94. The first-order valence-electron chi connectivity index (χ1n) is 4.09. The van der Waals surface area contributed by atoms with E-state index in [2.05, 4.69) is 15.0 Å². The van der Waals surface area contributed by atoms with Gasteiger partial charge in [0.15, 0.2) is 11.5 Å². The van der Waals surface area contributed by atoms with Crippen LogP contribution in [0.3, 0.4) is 0 Å². The largest absolute Gasteiger partial charge is 0.476 e. The van der Waals surface area contributed by atoms with Crippen LogP contribution in [0.2, 0.25) is 0 Å². The second kappa shape index (κ2) is 5.38. The second-order valence-corrected chi connectivity index (χ2v) is 2.48. The quantitative estimate of drug-likeness (QED) is 0.639. The number of aromatic amines is 1. The monoisotopic (exact) mass is 206 g/mol. The molecular weight excluding hydrogens is 196 g/mol. The number of nitrogens with zero attached hydrogens (tertiary/aromatic N) is 2. The molecule has 0 radical (unpaired) electrons. The van der Waals surface area contributed by atoms with Crippen LogP contribution in [0.15, 0.2) is 36.9 Å². The highest BCUT2D eigenvalue weighted by molar-refractivity contribution is 5.89. The molecule has 2 rings (SSSR count). The van der Waals surface area contributed by atoms with Crippen molar-refractivity contribution >= 4 is 11.8 Å². The third-order valence-electron chi connectivity index (χ3n) is 1.43. The van der Waals surface area contributed by atoms with Crippen molar-refractivity contribution in [3.63, 3.8) is 0 Å². The standard InChI is InChI=1S/C5H5N3O2.C4H5N/c6-4-3(5(9)10)7-1-2-8-4;1-2-4-5-3-1/h1-2H,(H2,6,8)(H,9,10);1-5H. The van der Waals surface area contributed by atoms with Gasteiger partial charge in [-0.25, -0.2) is 14.8 Å². The number of aromatic carboxylic acids is 1. The summed E-state index contributed by atoms with van der Waals surface area (Å²) in [6.07, 6.45) is 6.36. The van der Waals surface area contributed by atoms with E-state index in [4.69, 9.17) is 10.8 Å². The third kappa shape index (κ3) is 3.47. The number of aromatic nitrogens is 3. The molecule has 0 fully saturated rings. The fraction of sp³-hybridized carbons (Fsp3) is 0. The number of rotatable bonds is 1. The molecule has 6 heteroatoms. The minimum Gasteiger partial charge on any atom is -0.476 e. The SMILES string of the molecule is Nc1nccnc1C(=O)O.c1cc[nH]c1. The van der Waals surface area contributed by atoms with Crippen molar-refractivity contribution in [3.8, 4) is 0 Å². The minimum atomic E-state index is -1.16. The van der Waals surface area contributed by atoms with Crippen molar-refractivity contribution in [1.82, 2.24) is 15.0 Å². The molecule has 0 aliphatic carbocycles. The van der Waals surface area contributed by atoms with E-state index in [-0.39, 0.29) is 11.5 Å². The summed E-state index contributed by atoms with van der Waals surface area (Å²) in [5.41, 5.74) is 4.96. The fourth-order valence-corrected chi connectivity index (χ4v) is 0.791. The normalized spacial score (nSPS) is 8.80. The summed E-state index contributed by atoms with van der Waals surface area (Å²) in [6, 6.07) is 3.89. The van der Waals surface area contributed by atoms with Crippen LogP contribution in [0.5, 0.6) is 0 Å². The first-order chi connectivity index (χ1) is 7.22. The number of anilines is 1. The van der Waals surface area contributed by atoms with Gasteiger partial charge in [0.1, 0.15) is 0 Å². The molecule has 15 heavy (non-hydrogen) atoms. The van der Waals surface area contributed by atoms with Gasteiger partial charge in [0.25, 0.3) is 0 Å². The number of hydrogen-bond acceptors (Lipinski definition) is 4. The molecule has 0 bridgehead atoms. The molecule has 0 aliphatic rings. The number of nitrogens with one attached hydrogen (secondary N) is 1. The van der Waals surface area contributed by atoms with Gasteiger partial charge in [-0.05, 0) is 12.1 Å². The smallest absolute Gasteiger partial charge is 0.358 e. The molecule has 2 aromatic heterocycles. The van der Waals surface area contributed by atoms with Crippen LogP contribution >= 0.6 is 0 Å². The van der Waals surface area contributed by atoms with Gasteiger partial charge in [-0.3, -0.25) is 0 Å². The van der Waals surface area contributed by atoms with Gasteiger partial charge in [0, 0.05) is 24.8 Å². The Kier molecular flexibility index (Phi) is 3.84. The average molecular weight is 206 g/mol. The first-order valence-corrected chi connectivity index (χ1v) is 4.09. The molecule has 0 atom stereocenters. The van der Waals surface area contributed by atoms with Gasteiger partial charge >= 0.3 is 5.97 Å². The van der Waals surface area contributed by atoms with E-state index in [0.717, 1.165) is 0 Å². The number of nitrogens with two attached hydrogens (primary N) is 1. The summed E-state index contributed by atoms with van der Waals surface area (Å²) in [6.45, 7) is 0. The van der Waals surface area contributed by atoms with E-state index in [1.54, 1.807) is 0 Å². The number of carboxylic acids is 1. The highest BCUT2D eigenvalue weighted by atomic mass is 16.4. The van der Waals surface area contributed by atoms with Crippen molar-refractivity contribution in [2.75, 3.05) is 5.73 Å². The van der Waals surface area contributed by atoms with E-state index in [1.807, 2.05) is 24.5 Å². The topological polar surface area (TPSA) is 105 Å².